The summed E-state index contributed by atoms with van der Waals surface area (Å²) in [5.41, 5.74) is 2.53. The van der Waals surface area contributed by atoms with Crippen LogP contribution in [0.1, 0.15) is 9.78 Å². The largest absolute Gasteiger partial charge is 0.417 e. The number of hydrogen-bond acceptors (Lipinski definition) is 6. The molecule has 2 aromatic rings. The number of anilines is 1. The van der Waals surface area contributed by atoms with Crippen molar-refractivity contribution in [3.63, 3.8) is 0 Å². The van der Waals surface area contributed by atoms with Gasteiger partial charge in [-0.1, -0.05) is 0 Å². The van der Waals surface area contributed by atoms with Gasteiger partial charge in [0.25, 0.3) is 5.91 Å². The average molecular weight is 337 g/mol. The average Bonchev–Trinajstić information content (AvgIpc) is 2.88. The minimum atomic E-state index is -0.548. The predicted molar refractivity (Wildman–Crippen MR) is 93.8 cm³/mol. The summed E-state index contributed by atoms with van der Waals surface area (Å²) < 4.78 is 4.97. The Kier molecular flexibility index (Phi) is 4.44. The summed E-state index contributed by atoms with van der Waals surface area (Å²) in [6, 6.07) is 4.88. The number of nitrogens with one attached hydrogen (secondary N) is 3. The number of carbonyl (C=O) groups excluding carboxylic acids is 1. The number of carbonyl (C=O) groups is 1. The molecule has 0 aliphatic carbocycles. The molecule has 1 aliphatic heterocycles. The van der Waals surface area contributed by atoms with Gasteiger partial charge in [-0.3, -0.25) is 20.2 Å². The fraction of sp³-hybridized carbons (Fsp3) is 0.214. The summed E-state index contributed by atoms with van der Waals surface area (Å²) >= 11 is 0. The number of amides is 1. The van der Waals surface area contributed by atoms with Crippen molar-refractivity contribution >= 4 is 28.7 Å². The highest BCUT2D eigenvalue weighted by Crippen LogP contribution is 2.20. The highest BCUT2D eigenvalue weighted by molar-refractivity contribution is 6.06. The van der Waals surface area contributed by atoms with Gasteiger partial charge in [0.2, 0.25) is 5.96 Å². The summed E-state index contributed by atoms with van der Waals surface area (Å²) in [4.78, 5) is 27.7. The van der Waals surface area contributed by atoms with Crippen LogP contribution < -0.4 is 23.1 Å². The number of hydrogen-bond donors (Lipinski definition) is 5. The van der Waals surface area contributed by atoms with Crippen LogP contribution in [-0.4, -0.2) is 40.4 Å². The predicted octanol–water partition coefficient (Wildman–Crippen LogP) is 1.04. The van der Waals surface area contributed by atoms with Crippen LogP contribution in [0.3, 0.4) is 0 Å². The van der Waals surface area contributed by atoms with Crippen molar-refractivity contribution < 1.29 is 12.1 Å². The topological polar surface area (TPSA) is 166 Å². The molecule has 10 heteroatoms. The Bertz CT molecular complexity index is 905. The molecule has 1 aromatic carbocycles. The molecule has 10 nitrogen and oxygen atoms in total. The lowest BCUT2D eigenvalue weighted by Gasteiger charge is -2.34. The van der Waals surface area contributed by atoms with Crippen molar-refractivity contribution in [2.24, 2.45) is 5.84 Å². The normalized spacial score (nSPS) is 14.9. The van der Waals surface area contributed by atoms with Crippen molar-refractivity contribution in [3.05, 3.63) is 40.0 Å². The number of aromatic amines is 1. The standard InChI is InChI=1S/C14H16N6O3.H3N.2H2/c1-7-9(6-20(16)13(15)19(7)2)12(21)17-8-3-4-10-11(5-8)23-14(22)18-10;;;/h3-5,15H,6,16H2,1-2H3,(H,17,21)(H,18,22);1H3;2*1H. The maximum Gasteiger partial charge on any atom is 0.417 e. The van der Waals surface area contributed by atoms with Crippen LogP contribution in [0.2, 0.25) is 0 Å². The molecule has 0 bridgehead atoms. The van der Waals surface area contributed by atoms with E-state index in [9.17, 15) is 9.59 Å². The minimum Gasteiger partial charge on any atom is -0.408 e. The monoisotopic (exact) mass is 337 g/mol. The van der Waals surface area contributed by atoms with Crippen LogP contribution in [0, 0.1) is 5.41 Å². The number of allylic oxidation sites excluding steroid dienone is 1. The quantitative estimate of drug-likeness (QED) is 0.510. The van der Waals surface area contributed by atoms with E-state index in [1.165, 1.54) is 9.91 Å². The summed E-state index contributed by atoms with van der Waals surface area (Å²) in [5, 5.41) is 11.7. The minimum absolute atomic E-state index is 0. The number of nitrogens with two attached hydrogens (primary N) is 1. The Labute approximate surface area is 139 Å². The second-order valence-electron chi connectivity index (χ2n) is 5.25. The van der Waals surface area contributed by atoms with Gasteiger partial charge in [-0.15, -0.1) is 0 Å². The maximum absolute atomic E-state index is 12.5. The van der Waals surface area contributed by atoms with E-state index >= 15 is 0 Å². The number of benzene rings is 1. The summed E-state index contributed by atoms with van der Waals surface area (Å²) in [6.07, 6.45) is 0. The third-order valence-electron chi connectivity index (χ3n) is 3.81. The molecule has 0 spiro atoms. The third kappa shape index (κ3) is 2.87. The Balaban J connectivity index is 0.00000208. The van der Waals surface area contributed by atoms with Gasteiger partial charge >= 0.3 is 5.76 Å². The second kappa shape index (κ2) is 6.18. The van der Waals surface area contributed by atoms with E-state index in [-0.39, 0.29) is 27.4 Å². The molecule has 0 saturated heterocycles. The molecule has 132 valence electrons. The summed E-state index contributed by atoms with van der Waals surface area (Å²) in [7, 11) is 1.67. The van der Waals surface area contributed by atoms with E-state index in [0.717, 1.165) is 0 Å². The number of aromatic nitrogens is 1. The van der Waals surface area contributed by atoms with Crippen molar-refractivity contribution in [1.29, 1.82) is 5.41 Å². The molecule has 3 rings (SSSR count). The molecule has 1 aromatic heterocycles. The summed E-state index contributed by atoms with van der Waals surface area (Å²) in [6.45, 7) is 1.90. The molecule has 0 unspecified atom stereocenters. The van der Waals surface area contributed by atoms with E-state index in [4.69, 9.17) is 15.7 Å². The van der Waals surface area contributed by atoms with E-state index in [1.807, 2.05) is 0 Å². The Morgan fingerprint density at radius 1 is 1.50 bits per heavy atom. The fourth-order valence-electron chi connectivity index (χ4n) is 2.38. The van der Waals surface area contributed by atoms with Gasteiger partial charge in [0.05, 0.1) is 17.6 Å². The van der Waals surface area contributed by atoms with Crippen LogP contribution >= 0.6 is 0 Å². The smallest absolute Gasteiger partial charge is 0.408 e. The number of fused-ring (bicyclic) bond motifs is 1. The van der Waals surface area contributed by atoms with Crippen molar-refractivity contribution in [3.8, 4) is 0 Å². The first-order valence-electron chi connectivity index (χ1n) is 6.85. The van der Waals surface area contributed by atoms with Gasteiger partial charge in [0.15, 0.2) is 5.58 Å². The number of guanidine groups is 1. The lowest BCUT2D eigenvalue weighted by atomic mass is 10.1. The molecule has 0 radical (unpaired) electrons. The molecule has 0 atom stereocenters. The first-order valence-corrected chi connectivity index (χ1v) is 6.85. The van der Waals surface area contributed by atoms with Crippen molar-refractivity contribution in [1.82, 2.24) is 21.0 Å². The number of rotatable bonds is 2. The number of H-pyrrole nitrogens is 1. The lowest BCUT2D eigenvalue weighted by molar-refractivity contribution is -0.113. The summed E-state index contributed by atoms with van der Waals surface area (Å²) in [5.74, 6) is 4.98. The third-order valence-corrected chi connectivity index (χ3v) is 3.81. The Morgan fingerprint density at radius 2 is 2.21 bits per heavy atom. The fourth-order valence-corrected chi connectivity index (χ4v) is 2.38. The second-order valence-corrected chi connectivity index (χ2v) is 5.25. The van der Waals surface area contributed by atoms with E-state index in [1.54, 1.807) is 32.2 Å². The van der Waals surface area contributed by atoms with Crippen molar-refractivity contribution in [2.45, 2.75) is 6.92 Å². The van der Waals surface area contributed by atoms with E-state index in [2.05, 4.69) is 10.3 Å². The van der Waals surface area contributed by atoms with Gasteiger partial charge in [-0.2, -0.15) is 0 Å². The van der Waals surface area contributed by atoms with Gasteiger partial charge < -0.3 is 20.8 Å². The molecule has 2 heterocycles. The highest BCUT2D eigenvalue weighted by Gasteiger charge is 2.27. The zero-order chi connectivity index (χ0) is 16.7. The SMILES string of the molecule is CC1=C(C(=O)Nc2ccc3[nH]c(=O)oc3c2)CN(N)C(=N)N1C.N.[HH].[HH]. The number of oxazole rings is 1. The zero-order valence-electron chi connectivity index (χ0n) is 13.3. The number of hydrazine groups is 1. The molecular weight excluding hydrogens is 314 g/mol. The molecule has 1 amide bonds. The lowest BCUT2D eigenvalue weighted by Crippen LogP contribution is -2.51. The van der Waals surface area contributed by atoms with Crippen molar-refractivity contribution in [2.75, 3.05) is 18.9 Å². The van der Waals surface area contributed by atoms with Crippen LogP contribution in [0.4, 0.5) is 5.69 Å². The van der Waals surface area contributed by atoms with Gasteiger partial charge in [-0.05, 0) is 19.1 Å². The first kappa shape index (κ1) is 17.2. The first-order chi connectivity index (χ1) is 10.9. The van der Waals surface area contributed by atoms with E-state index in [0.29, 0.717) is 28.1 Å². The molecular formula is C14H23N7O3. The Hall–Kier alpha value is -3.11. The van der Waals surface area contributed by atoms with Crippen LogP contribution in [0.25, 0.3) is 11.1 Å². The number of nitrogens with zero attached hydrogens (tertiary/aromatic N) is 2. The van der Waals surface area contributed by atoms with Gasteiger partial charge in [-0.25, -0.2) is 10.6 Å². The zero-order valence-corrected chi connectivity index (χ0v) is 13.3. The molecule has 0 saturated carbocycles. The maximum atomic E-state index is 12.5. The highest BCUT2D eigenvalue weighted by atomic mass is 16.4. The molecule has 1 aliphatic rings. The molecule has 8 N–H and O–H groups in total. The van der Waals surface area contributed by atoms with E-state index < -0.39 is 5.76 Å². The molecule has 24 heavy (non-hydrogen) atoms. The van der Waals surface area contributed by atoms with Crippen LogP contribution in [0.15, 0.2) is 38.7 Å². The van der Waals surface area contributed by atoms with Gasteiger partial charge in [0, 0.05) is 27.4 Å². The van der Waals surface area contributed by atoms with Gasteiger partial charge in [0.1, 0.15) is 0 Å². The Morgan fingerprint density at radius 3 is 2.92 bits per heavy atom. The van der Waals surface area contributed by atoms with Crippen LogP contribution in [-0.2, 0) is 4.79 Å². The molecule has 0 fully saturated rings. The van der Waals surface area contributed by atoms with Crippen LogP contribution in [0.5, 0.6) is 0 Å².